The molecule has 0 aliphatic carbocycles. The van der Waals surface area contributed by atoms with Crippen molar-refractivity contribution in [3.63, 3.8) is 0 Å². The molecule has 1 spiro atoms. The zero-order valence-electron chi connectivity index (χ0n) is 9.96. The van der Waals surface area contributed by atoms with Crippen molar-refractivity contribution in [2.75, 3.05) is 19.6 Å². The highest BCUT2D eigenvalue weighted by atomic mass is 16.4. The fourth-order valence-corrected chi connectivity index (χ4v) is 3.06. The minimum absolute atomic E-state index is 0.194. The number of aliphatic carboxylic acids is 1. The fraction of sp³-hybridized carbons (Fsp3) is 0.917. The Bertz CT molecular complexity index is 270. The Morgan fingerprint density at radius 1 is 1.50 bits per heavy atom. The number of hydrogen-bond acceptors (Lipinski definition) is 3. The highest BCUT2D eigenvalue weighted by Gasteiger charge is 2.49. The van der Waals surface area contributed by atoms with E-state index in [1.807, 2.05) is 0 Å². The summed E-state index contributed by atoms with van der Waals surface area (Å²) in [6.45, 7) is 4.80. The topological polar surface area (TPSA) is 61.4 Å². The molecule has 0 aromatic heterocycles. The van der Waals surface area contributed by atoms with Crippen molar-refractivity contribution in [2.45, 2.75) is 38.6 Å². The van der Waals surface area contributed by atoms with Gasteiger partial charge in [0.15, 0.2) is 0 Å². The van der Waals surface area contributed by atoms with Crippen LogP contribution in [0.15, 0.2) is 0 Å². The molecule has 16 heavy (non-hydrogen) atoms. The molecule has 0 radical (unpaired) electrons. The third-order valence-corrected chi connectivity index (χ3v) is 4.16. The molecule has 0 amide bonds. The van der Waals surface area contributed by atoms with Crippen molar-refractivity contribution in [1.82, 2.24) is 10.6 Å². The Kier molecular flexibility index (Phi) is 3.50. The van der Waals surface area contributed by atoms with E-state index in [1.165, 1.54) is 19.3 Å². The van der Waals surface area contributed by atoms with Crippen LogP contribution in [-0.2, 0) is 4.79 Å². The summed E-state index contributed by atoms with van der Waals surface area (Å²) < 4.78 is 0. The maximum Gasteiger partial charge on any atom is 0.307 e. The molecule has 4 heteroatoms. The molecule has 2 heterocycles. The molecular weight excluding hydrogens is 204 g/mol. The maximum absolute atomic E-state index is 11.0. The third-order valence-electron chi connectivity index (χ3n) is 4.16. The molecule has 3 unspecified atom stereocenters. The van der Waals surface area contributed by atoms with Crippen LogP contribution in [0.3, 0.4) is 0 Å². The molecule has 0 aromatic carbocycles. The van der Waals surface area contributed by atoms with Gasteiger partial charge in [0.2, 0.25) is 0 Å². The molecule has 2 aliphatic heterocycles. The summed E-state index contributed by atoms with van der Waals surface area (Å²) in [4.78, 5) is 11.0. The van der Waals surface area contributed by atoms with Crippen LogP contribution in [-0.4, -0.2) is 36.8 Å². The second-order valence-corrected chi connectivity index (χ2v) is 5.31. The van der Waals surface area contributed by atoms with Gasteiger partial charge in [-0.25, -0.2) is 0 Å². The van der Waals surface area contributed by atoms with Crippen LogP contribution in [0.25, 0.3) is 0 Å². The molecule has 0 aromatic rings. The molecule has 2 fully saturated rings. The van der Waals surface area contributed by atoms with Gasteiger partial charge in [-0.1, -0.05) is 19.8 Å². The van der Waals surface area contributed by atoms with E-state index >= 15 is 0 Å². The minimum Gasteiger partial charge on any atom is -0.481 e. The Morgan fingerprint density at radius 2 is 2.31 bits per heavy atom. The molecule has 92 valence electrons. The first kappa shape index (κ1) is 11.9. The molecule has 2 rings (SSSR count). The van der Waals surface area contributed by atoms with Gasteiger partial charge in [-0.2, -0.15) is 0 Å². The van der Waals surface area contributed by atoms with Gasteiger partial charge in [0.1, 0.15) is 0 Å². The Balaban J connectivity index is 1.94. The molecular formula is C12H22N2O2. The first-order valence-corrected chi connectivity index (χ1v) is 6.35. The Labute approximate surface area is 96.8 Å². The van der Waals surface area contributed by atoms with Crippen LogP contribution in [0.5, 0.6) is 0 Å². The lowest BCUT2D eigenvalue weighted by Crippen LogP contribution is -2.69. The molecule has 3 N–H and O–H groups in total. The minimum atomic E-state index is -0.646. The normalized spacial score (nSPS) is 38.3. The number of nitrogens with one attached hydrogen (secondary N) is 2. The van der Waals surface area contributed by atoms with E-state index in [9.17, 15) is 4.79 Å². The number of hydrogen-bond donors (Lipinski definition) is 3. The number of piperidine rings is 1. The lowest BCUT2D eigenvalue weighted by molar-refractivity contribution is -0.145. The van der Waals surface area contributed by atoms with Gasteiger partial charge in [-0.15, -0.1) is 0 Å². The van der Waals surface area contributed by atoms with Crippen molar-refractivity contribution in [3.8, 4) is 0 Å². The second kappa shape index (κ2) is 4.72. The summed E-state index contributed by atoms with van der Waals surface area (Å²) in [5.74, 6) is -0.840. The zero-order chi connectivity index (χ0) is 11.6. The first-order chi connectivity index (χ1) is 7.68. The number of unbranched alkanes of at least 4 members (excludes halogenated alkanes) is 1. The predicted octanol–water partition coefficient (Wildman–Crippen LogP) is 0.829. The summed E-state index contributed by atoms with van der Waals surface area (Å²) in [6.07, 6.45) is 4.47. The average Bonchev–Trinajstić information content (AvgIpc) is 2.28. The lowest BCUT2D eigenvalue weighted by atomic mass is 9.64. The largest absolute Gasteiger partial charge is 0.481 e. The number of rotatable bonds is 4. The monoisotopic (exact) mass is 226 g/mol. The van der Waals surface area contributed by atoms with Crippen LogP contribution in [0.1, 0.15) is 32.6 Å². The van der Waals surface area contributed by atoms with Crippen molar-refractivity contribution < 1.29 is 9.90 Å². The van der Waals surface area contributed by atoms with E-state index in [4.69, 9.17) is 5.11 Å². The predicted molar refractivity (Wildman–Crippen MR) is 62.4 cm³/mol. The molecule has 4 nitrogen and oxygen atoms in total. The summed E-state index contributed by atoms with van der Waals surface area (Å²) in [5, 5.41) is 15.9. The second-order valence-electron chi connectivity index (χ2n) is 5.31. The van der Waals surface area contributed by atoms with Gasteiger partial charge in [-0.3, -0.25) is 4.79 Å². The number of carboxylic acid groups (broad SMARTS) is 1. The third kappa shape index (κ3) is 2.09. The van der Waals surface area contributed by atoms with E-state index < -0.39 is 5.97 Å². The van der Waals surface area contributed by atoms with Crippen molar-refractivity contribution >= 4 is 5.97 Å². The van der Waals surface area contributed by atoms with Crippen LogP contribution in [0, 0.1) is 11.3 Å². The average molecular weight is 226 g/mol. The number of carbonyl (C=O) groups is 1. The summed E-state index contributed by atoms with van der Waals surface area (Å²) >= 11 is 0. The van der Waals surface area contributed by atoms with Crippen LogP contribution < -0.4 is 10.6 Å². The van der Waals surface area contributed by atoms with Gasteiger partial charge in [-0.05, 0) is 12.8 Å². The molecule has 2 aliphatic rings. The Morgan fingerprint density at radius 3 is 2.88 bits per heavy atom. The summed E-state index contributed by atoms with van der Waals surface area (Å²) in [7, 11) is 0. The van der Waals surface area contributed by atoms with Crippen molar-refractivity contribution in [1.29, 1.82) is 0 Å². The molecule has 3 atom stereocenters. The van der Waals surface area contributed by atoms with E-state index in [1.54, 1.807) is 0 Å². The van der Waals surface area contributed by atoms with Gasteiger partial charge in [0, 0.05) is 31.1 Å². The smallest absolute Gasteiger partial charge is 0.307 e. The summed E-state index contributed by atoms with van der Waals surface area (Å²) in [5.41, 5.74) is 0.219. The van der Waals surface area contributed by atoms with E-state index in [-0.39, 0.29) is 11.3 Å². The first-order valence-electron chi connectivity index (χ1n) is 6.35. The quantitative estimate of drug-likeness (QED) is 0.664. The van der Waals surface area contributed by atoms with E-state index in [0.29, 0.717) is 12.6 Å². The molecule has 0 bridgehead atoms. The van der Waals surface area contributed by atoms with Crippen molar-refractivity contribution in [3.05, 3.63) is 0 Å². The van der Waals surface area contributed by atoms with Gasteiger partial charge in [0.25, 0.3) is 0 Å². The highest BCUT2D eigenvalue weighted by molar-refractivity contribution is 5.70. The standard InChI is InChI=1S/C12H22N2O2/c1-2-3-4-10-12(8-14-10)5-9(11(15)16)6-13-7-12/h9-10,13-14H,2-8H2,1H3,(H,15,16). The van der Waals surface area contributed by atoms with E-state index in [2.05, 4.69) is 17.6 Å². The summed E-state index contributed by atoms with van der Waals surface area (Å²) in [6, 6.07) is 0.530. The SMILES string of the molecule is CCCCC1NCC12CNCC(C(=O)O)C2. The lowest BCUT2D eigenvalue weighted by Gasteiger charge is -2.54. The molecule has 2 saturated heterocycles. The van der Waals surface area contributed by atoms with Gasteiger partial charge >= 0.3 is 5.97 Å². The van der Waals surface area contributed by atoms with Gasteiger partial charge < -0.3 is 15.7 Å². The molecule has 0 saturated carbocycles. The highest BCUT2D eigenvalue weighted by Crippen LogP contribution is 2.40. The van der Waals surface area contributed by atoms with Crippen LogP contribution in [0.4, 0.5) is 0 Å². The number of carboxylic acids is 1. The fourth-order valence-electron chi connectivity index (χ4n) is 3.06. The van der Waals surface area contributed by atoms with Gasteiger partial charge in [0.05, 0.1) is 5.92 Å². The van der Waals surface area contributed by atoms with Crippen LogP contribution in [0.2, 0.25) is 0 Å². The van der Waals surface area contributed by atoms with E-state index in [0.717, 1.165) is 19.5 Å². The van der Waals surface area contributed by atoms with Crippen LogP contribution >= 0.6 is 0 Å². The van der Waals surface area contributed by atoms with Crippen molar-refractivity contribution in [2.24, 2.45) is 11.3 Å². The zero-order valence-corrected chi connectivity index (χ0v) is 9.96. The Hall–Kier alpha value is -0.610. The maximum atomic E-state index is 11.0.